The van der Waals surface area contributed by atoms with E-state index in [9.17, 15) is 9.18 Å². The second-order valence-electron chi connectivity index (χ2n) is 4.65. The maximum absolute atomic E-state index is 12.9. The number of likely N-dealkylation sites (tertiary alicyclic amines) is 1. The maximum Gasteiger partial charge on any atom is 0.307 e. The lowest BCUT2D eigenvalue weighted by atomic mass is 9.98. The quantitative estimate of drug-likeness (QED) is 0.919. The van der Waals surface area contributed by atoms with Crippen molar-refractivity contribution < 1.29 is 14.3 Å². The topological polar surface area (TPSA) is 40.5 Å². The van der Waals surface area contributed by atoms with Gasteiger partial charge < -0.3 is 5.11 Å². The number of carboxylic acids is 1. The predicted octanol–water partition coefficient (Wildman–Crippen LogP) is 2.78. The maximum atomic E-state index is 12.9. The highest BCUT2D eigenvalue weighted by atomic mass is 35.5. The van der Waals surface area contributed by atoms with Crippen molar-refractivity contribution >= 4 is 17.6 Å². The van der Waals surface area contributed by atoms with E-state index >= 15 is 0 Å². The molecule has 0 spiro atoms. The fourth-order valence-electron chi connectivity index (χ4n) is 2.29. The van der Waals surface area contributed by atoms with Gasteiger partial charge in [-0.3, -0.25) is 9.69 Å². The number of carboxylic acid groups (broad SMARTS) is 1. The largest absolute Gasteiger partial charge is 0.481 e. The van der Waals surface area contributed by atoms with Gasteiger partial charge >= 0.3 is 5.97 Å². The second kappa shape index (κ2) is 5.67. The third-order valence-electron chi connectivity index (χ3n) is 3.26. The van der Waals surface area contributed by atoms with Crippen LogP contribution in [0.25, 0.3) is 0 Å². The molecule has 5 heteroatoms. The van der Waals surface area contributed by atoms with Crippen molar-refractivity contribution in [3.63, 3.8) is 0 Å². The minimum Gasteiger partial charge on any atom is -0.481 e. The number of piperidine rings is 1. The van der Waals surface area contributed by atoms with Crippen LogP contribution >= 0.6 is 11.6 Å². The molecule has 98 valence electrons. The average Bonchev–Trinajstić information content (AvgIpc) is 2.33. The lowest BCUT2D eigenvalue weighted by molar-refractivity contribution is -0.143. The molecule has 1 aliphatic heterocycles. The number of halogens is 2. The van der Waals surface area contributed by atoms with E-state index in [4.69, 9.17) is 16.7 Å². The predicted molar refractivity (Wildman–Crippen MR) is 67.0 cm³/mol. The summed E-state index contributed by atoms with van der Waals surface area (Å²) < 4.78 is 12.9. The van der Waals surface area contributed by atoms with Gasteiger partial charge in [0.15, 0.2) is 0 Å². The van der Waals surface area contributed by atoms with Gasteiger partial charge in [-0.25, -0.2) is 4.39 Å². The molecule has 1 heterocycles. The van der Waals surface area contributed by atoms with Gasteiger partial charge in [-0.15, -0.1) is 0 Å². The summed E-state index contributed by atoms with van der Waals surface area (Å²) in [6.45, 7) is 1.96. The second-order valence-corrected chi connectivity index (χ2v) is 5.06. The van der Waals surface area contributed by atoms with Gasteiger partial charge in [-0.05, 0) is 37.1 Å². The monoisotopic (exact) mass is 271 g/mol. The molecule has 1 aromatic carbocycles. The summed E-state index contributed by atoms with van der Waals surface area (Å²) in [5.41, 5.74) is 0.837. The van der Waals surface area contributed by atoms with E-state index in [2.05, 4.69) is 4.90 Å². The number of rotatable bonds is 3. The Morgan fingerprint density at radius 3 is 3.00 bits per heavy atom. The average molecular weight is 272 g/mol. The fraction of sp³-hybridized carbons (Fsp3) is 0.462. The Morgan fingerprint density at radius 1 is 1.56 bits per heavy atom. The molecule has 0 saturated carbocycles. The zero-order chi connectivity index (χ0) is 13.1. The van der Waals surface area contributed by atoms with Gasteiger partial charge in [-0.1, -0.05) is 17.7 Å². The van der Waals surface area contributed by atoms with E-state index in [-0.39, 0.29) is 11.7 Å². The van der Waals surface area contributed by atoms with Crippen molar-refractivity contribution in [2.45, 2.75) is 19.4 Å². The molecule has 18 heavy (non-hydrogen) atoms. The lowest BCUT2D eigenvalue weighted by Gasteiger charge is -2.30. The number of carbonyl (C=O) groups is 1. The Kier molecular flexibility index (Phi) is 4.19. The fourth-order valence-corrected chi connectivity index (χ4v) is 2.52. The van der Waals surface area contributed by atoms with Crippen molar-refractivity contribution in [1.29, 1.82) is 0 Å². The van der Waals surface area contributed by atoms with Crippen molar-refractivity contribution in [1.82, 2.24) is 4.90 Å². The van der Waals surface area contributed by atoms with Crippen LogP contribution in [0, 0.1) is 11.7 Å². The highest BCUT2D eigenvalue weighted by Crippen LogP contribution is 2.23. The number of hydrogen-bond acceptors (Lipinski definition) is 2. The van der Waals surface area contributed by atoms with Crippen LogP contribution in [0.1, 0.15) is 18.4 Å². The van der Waals surface area contributed by atoms with Crippen LogP contribution in [0.2, 0.25) is 5.02 Å². The first-order valence-electron chi connectivity index (χ1n) is 5.95. The first-order valence-corrected chi connectivity index (χ1v) is 6.33. The highest BCUT2D eigenvalue weighted by molar-refractivity contribution is 6.31. The molecular weight excluding hydrogens is 257 g/mol. The summed E-state index contributed by atoms with van der Waals surface area (Å²) in [5, 5.41) is 9.41. The van der Waals surface area contributed by atoms with Gasteiger partial charge in [0.1, 0.15) is 5.82 Å². The lowest BCUT2D eigenvalue weighted by Crippen LogP contribution is -2.38. The molecule has 1 N–H and O–H groups in total. The van der Waals surface area contributed by atoms with E-state index in [0.29, 0.717) is 18.1 Å². The Labute approximate surface area is 110 Å². The highest BCUT2D eigenvalue weighted by Gasteiger charge is 2.25. The molecule has 0 aliphatic carbocycles. The van der Waals surface area contributed by atoms with Crippen molar-refractivity contribution in [2.24, 2.45) is 5.92 Å². The number of nitrogens with zero attached hydrogens (tertiary/aromatic N) is 1. The van der Waals surface area contributed by atoms with Crippen molar-refractivity contribution in [3.05, 3.63) is 34.6 Å². The van der Waals surface area contributed by atoms with Crippen LogP contribution in [-0.4, -0.2) is 29.1 Å². The van der Waals surface area contributed by atoms with Gasteiger partial charge in [-0.2, -0.15) is 0 Å². The Morgan fingerprint density at radius 2 is 2.33 bits per heavy atom. The van der Waals surface area contributed by atoms with Crippen LogP contribution in [-0.2, 0) is 11.3 Å². The number of hydrogen-bond donors (Lipinski definition) is 1. The summed E-state index contributed by atoms with van der Waals surface area (Å²) >= 11 is 5.96. The number of benzene rings is 1. The van der Waals surface area contributed by atoms with E-state index < -0.39 is 5.97 Å². The summed E-state index contributed by atoms with van der Waals surface area (Å²) in [7, 11) is 0. The molecule has 0 aromatic heterocycles. The normalized spacial score (nSPS) is 20.9. The third-order valence-corrected chi connectivity index (χ3v) is 3.62. The van der Waals surface area contributed by atoms with Crippen LogP contribution < -0.4 is 0 Å². The van der Waals surface area contributed by atoms with Crippen molar-refractivity contribution in [2.75, 3.05) is 13.1 Å². The SMILES string of the molecule is O=C(O)C1CCCN(Cc2ccc(F)cc2Cl)C1. The Bertz CT molecular complexity index is 453. The van der Waals surface area contributed by atoms with Gasteiger partial charge in [0.05, 0.1) is 5.92 Å². The summed E-state index contributed by atoms with van der Waals surface area (Å²) in [5.74, 6) is -1.41. The molecule has 0 radical (unpaired) electrons. The van der Waals surface area contributed by atoms with Crippen LogP contribution in [0.4, 0.5) is 4.39 Å². The molecule has 1 aromatic rings. The van der Waals surface area contributed by atoms with Crippen LogP contribution in [0.5, 0.6) is 0 Å². The molecule has 0 bridgehead atoms. The Hall–Kier alpha value is -1.13. The zero-order valence-corrected chi connectivity index (χ0v) is 10.7. The van der Waals surface area contributed by atoms with E-state index in [1.807, 2.05) is 0 Å². The standard InChI is InChI=1S/C13H15ClFNO2/c14-12-6-11(15)4-3-9(12)7-16-5-1-2-10(8-16)13(17)18/h3-4,6,10H,1-2,5,7-8H2,(H,17,18). The molecule has 1 saturated heterocycles. The van der Waals surface area contributed by atoms with E-state index in [1.165, 1.54) is 12.1 Å². The van der Waals surface area contributed by atoms with E-state index in [0.717, 1.165) is 24.9 Å². The molecule has 1 atom stereocenters. The van der Waals surface area contributed by atoms with E-state index in [1.54, 1.807) is 6.07 Å². The summed E-state index contributed by atoms with van der Waals surface area (Å²) in [4.78, 5) is 13.0. The first kappa shape index (κ1) is 13.3. The zero-order valence-electron chi connectivity index (χ0n) is 9.90. The molecule has 1 fully saturated rings. The molecule has 1 unspecified atom stereocenters. The molecule has 3 nitrogen and oxygen atoms in total. The first-order chi connectivity index (χ1) is 8.56. The van der Waals surface area contributed by atoms with Crippen molar-refractivity contribution in [3.8, 4) is 0 Å². The summed E-state index contributed by atoms with van der Waals surface area (Å²) in [6.07, 6.45) is 1.60. The Balaban J connectivity index is 2.02. The smallest absolute Gasteiger partial charge is 0.307 e. The molecule has 2 rings (SSSR count). The number of aliphatic carboxylic acids is 1. The minimum atomic E-state index is -0.745. The van der Waals surface area contributed by atoms with Gasteiger partial charge in [0, 0.05) is 18.1 Å². The van der Waals surface area contributed by atoms with Gasteiger partial charge in [0.25, 0.3) is 0 Å². The van der Waals surface area contributed by atoms with Gasteiger partial charge in [0.2, 0.25) is 0 Å². The molecular formula is C13H15ClFNO2. The van der Waals surface area contributed by atoms with Crippen LogP contribution in [0.3, 0.4) is 0 Å². The molecule has 1 aliphatic rings. The third kappa shape index (κ3) is 3.21. The minimum absolute atomic E-state index is 0.307. The molecule has 0 amide bonds. The van der Waals surface area contributed by atoms with Crippen LogP contribution in [0.15, 0.2) is 18.2 Å². The summed E-state index contributed by atoms with van der Waals surface area (Å²) in [6, 6.07) is 4.32.